The van der Waals surface area contributed by atoms with Gasteiger partial charge in [0.15, 0.2) is 9.84 Å². The van der Waals surface area contributed by atoms with Gasteiger partial charge in [0, 0.05) is 25.0 Å². The molecule has 0 atom stereocenters. The molecular weight excluding hydrogens is 290 g/mol. The maximum absolute atomic E-state index is 11.9. The Bertz CT molecular complexity index is 789. The van der Waals surface area contributed by atoms with Crippen molar-refractivity contribution < 1.29 is 13.2 Å². The molecule has 1 saturated heterocycles. The molecule has 1 aromatic carbocycles. The van der Waals surface area contributed by atoms with Crippen molar-refractivity contribution in [1.29, 1.82) is 0 Å². The summed E-state index contributed by atoms with van der Waals surface area (Å²) in [5, 5.41) is 0. The summed E-state index contributed by atoms with van der Waals surface area (Å²) in [6.07, 6.45) is 2.84. The summed E-state index contributed by atoms with van der Waals surface area (Å²) in [6, 6.07) is 5.17. The Kier molecular flexibility index (Phi) is 3.22. The van der Waals surface area contributed by atoms with Crippen molar-refractivity contribution >= 4 is 26.8 Å². The number of nitrogens with two attached hydrogens (primary N) is 1. The Morgan fingerprint density at radius 3 is 2.62 bits per heavy atom. The first-order valence-corrected chi connectivity index (χ1v) is 8.77. The van der Waals surface area contributed by atoms with Crippen molar-refractivity contribution in [2.45, 2.75) is 30.2 Å². The lowest BCUT2D eigenvalue weighted by molar-refractivity contribution is 0.0320. The Morgan fingerprint density at radius 2 is 2.00 bits per heavy atom. The number of para-hydroxylation sites is 1. The topological polar surface area (TPSA) is 87.2 Å². The summed E-state index contributed by atoms with van der Waals surface area (Å²) in [6.45, 7) is 3.45. The van der Waals surface area contributed by atoms with E-state index in [9.17, 15) is 8.42 Å². The number of nitrogen functional groups attached to an aromatic ring is 1. The fraction of sp³-hybridized carbons (Fsp3) is 0.500. The summed E-state index contributed by atoms with van der Waals surface area (Å²) in [7, 11) is -3.34. The molecule has 0 aliphatic carbocycles. The minimum atomic E-state index is -3.34. The molecule has 3 rings (SSSR count). The van der Waals surface area contributed by atoms with E-state index in [-0.39, 0.29) is 10.4 Å². The number of rotatable bonds is 2. The van der Waals surface area contributed by atoms with Crippen LogP contribution in [0.25, 0.3) is 11.0 Å². The van der Waals surface area contributed by atoms with Gasteiger partial charge in [-0.2, -0.15) is 0 Å². The van der Waals surface area contributed by atoms with Crippen molar-refractivity contribution in [3.05, 3.63) is 18.2 Å². The van der Waals surface area contributed by atoms with Gasteiger partial charge in [-0.3, -0.25) is 0 Å². The van der Waals surface area contributed by atoms with Gasteiger partial charge in [0.25, 0.3) is 0 Å². The number of benzene rings is 1. The standard InChI is InChI=1S/C14H19N3O3S/c1-14(6-8-20-9-7-14)17-10-4-3-5-11(21(2,18)19)12(10)16-13(17)15/h3-5H,6-9H2,1-2H3,(H2,15,16). The SMILES string of the molecule is CC1(n2c(N)nc3c(S(C)(=O)=O)cccc32)CCOCC1. The normalized spacial score (nSPS) is 19.0. The molecule has 6 nitrogen and oxygen atoms in total. The molecule has 0 radical (unpaired) electrons. The van der Waals surface area contributed by atoms with Crippen LogP contribution in [0.3, 0.4) is 0 Å². The highest BCUT2D eigenvalue weighted by atomic mass is 32.2. The average molecular weight is 309 g/mol. The maximum atomic E-state index is 11.9. The monoisotopic (exact) mass is 309 g/mol. The molecule has 21 heavy (non-hydrogen) atoms. The largest absolute Gasteiger partial charge is 0.381 e. The highest BCUT2D eigenvalue weighted by Gasteiger charge is 2.33. The van der Waals surface area contributed by atoms with Crippen LogP contribution in [-0.4, -0.2) is 37.4 Å². The molecule has 0 unspecified atom stereocenters. The van der Waals surface area contributed by atoms with Gasteiger partial charge in [0.2, 0.25) is 5.95 Å². The Morgan fingerprint density at radius 1 is 1.33 bits per heavy atom. The quantitative estimate of drug-likeness (QED) is 0.909. The number of anilines is 1. The van der Waals surface area contributed by atoms with Crippen molar-refractivity contribution in [2.24, 2.45) is 0 Å². The lowest BCUT2D eigenvalue weighted by Crippen LogP contribution is -2.37. The van der Waals surface area contributed by atoms with Gasteiger partial charge < -0.3 is 15.0 Å². The molecule has 2 N–H and O–H groups in total. The van der Waals surface area contributed by atoms with E-state index in [2.05, 4.69) is 11.9 Å². The molecular formula is C14H19N3O3S. The van der Waals surface area contributed by atoms with Gasteiger partial charge in [-0.1, -0.05) is 6.07 Å². The molecule has 1 aliphatic heterocycles. The molecule has 0 bridgehead atoms. The highest BCUT2D eigenvalue weighted by Crippen LogP contribution is 2.36. The smallest absolute Gasteiger partial charge is 0.201 e. The van der Waals surface area contributed by atoms with Gasteiger partial charge in [-0.25, -0.2) is 13.4 Å². The zero-order chi connectivity index (χ0) is 15.3. The van der Waals surface area contributed by atoms with Crippen LogP contribution in [0.2, 0.25) is 0 Å². The summed E-state index contributed by atoms with van der Waals surface area (Å²) >= 11 is 0. The van der Waals surface area contributed by atoms with Crippen molar-refractivity contribution in [3.63, 3.8) is 0 Å². The molecule has 0 amide bonds. The van der Waals surface area contributed by atoms with E-state index in [4.69, 9.17) is 10.5 Å². The number of hydrogen-bond donors (Lipinski definition) is 1. The summed E-state index contributed by atoms with van der Waals surface area (Å²) in [5.74, 6) is 0.352. The minimum absolute atomic E-state index is 0.201. The molecule has 1 aromatic heterocycles. The second kappa shape index (κ2) is 4.71. The van der Waals surface area contributed by atoms with Gasteiger partial charge in [-0.15, -0.1) is 0 Å². The fourth-order valence-electron chi connectivity index (χ4n) is 2.99. The zero-order valence-corrected chi connectivity index (χ0v) is 13.0. The van der Waals surface area contributed by atoms with Crippen LogP contribution in [0, 0.1) is 0 Å². The predicted molar refractivity (Wildman–Crippen MR) is 81.0 cm³/mol. The van der Waals surface area contributed by atoms with E-state index in [0.717, 1.165) is 18.4 Å². The number of hydrogen-bond acceptors (Lipinski definition) is 5. The molecule has 1 aliphatic rings. The maximum Gasteiger partial charge on any atom is 0.201 e. The van der Waals surface area contributed by atoms with Gasteiger partial charge in [0.05, 0.1) is 10.4 Å². The molecule has 114 valence electrons. The highest BCUT2D eigenvalue weighted by molar-refractivity contribution is 7.91. The summed E-state index contributed by atoms with van der Waals surface area (Å²) in [4.78, 5) is 4.54. The third kappa shape index (κ3) is 2.30. The van der Waals surface area contributed by atoms with Crippen LogP contribution >= 0.6 is 0 Å². The summed E-state index contributed by atoms with van der Waals surface area (Å²) < 4.78 is 31.2. The number of sulfone groups is 1. The Labute approximate surface area is 123 Å². The van der Waals surface area contributed by atoms with Crippen LogP contribution in [-0.2, 0) is 20.1 Å². The lowest BCUT2D eigenvalue weighted by Gasteiger charge is -2.36. The van der Waals surface area contributed by atoms with Crippen molar-refractivity contribution in [1.82, 2.24) is 9.55 Å². The van der Waals surface area contributed by atoms with Crippen LogP contribution < -0.4 is 5.73 Å². The average Bonchev–Trinajstić information content (AvgIpc) is 2.74. The fourth-order valence-corrected chi connectivity index (χ4v) is 3.82. The second-order valence-corrected chi connectivity index (χ2v) is 7.79. The van der Waals surface area contributed by atoms with E-state index in [1.165, 1.54) is 6.26 Å². The van der Waals surface area contributed by atoms with Crippen LogP contribution in [0.4, 0.5) is 5.95 Å². The first-order valence-electron chi connectivity index (χ1n) is 6.88. The molecule has 7 heteroatoms. The molecule has 2 heterocycles. The second-order valence-electron chi connectivity index (χ2n) is 5.81. The Balaban J connectivity index is 2.28. The minimum Gasteiger partial charge on any atom is -0.381 e. The number of fused-ring (bicyclic) bond motifs is 1. The van der Waals surface area contributed by atoms with E-state index in [1.807, 2.05) is 10.6 Å². The summed E-state index contributed by atoms with van der Waals surface area (Å²) in [5.41, 5.74) is 7.11. The first kappa shape index (κ1) is 14.3. The first-order chi connectivity index (χ1) is 9.83. The van der Waals surface area contributed by atoms with E-state index in [1.54, 1.807) is 12.1 Å². The number of aromatic nitrogens is 2. The van der Waals surface area contributed by atoms with E-state index < -0.39 is 9.84 Å². The third-order valence-electron chi connectivity index (χ3n) is 4.18. The molecule has 2 aromatic rings. The molecule has 0 spiro atoms. The zero-order valence-electron chi connectivity index (χ0n) is 12.2. The van der Waals surface area contributed by atoms with Gasteiger partial charge in [-0.05, 0) is 31.9 Å². The lowest BCUT2D eigenvalue weighted by atomic mass is 9.92. The molecule has 1 fully saturated rings. The number of nitrogens with zero attached hydrogens (tertiary/aromatic N) is 2. The van der Waals surface area contributed by atoms with E-state index >= 15 is 0 Å². The van der Waals surface area contributed by atoms with E-state index in [0.29, 0.717) is 24.7 Å². The van der Waals surface area contributed by atoms with Crippen LogP contribution in [0.1, 0.15) is 19.8 Å². The van der Waals surface area contributed by atoms with Crippen molar-refractivity contribution in [2.75, 3.05) is 25.2 Å². The predicted octanol–water partition coefficient (Wildman–Crippen LogP) is 1.55. The van der Waals surface area contributed by atoms with Crippen molar-refractivity contribution in [3.8, 4) is 0 Å². The molecule has 0 saturated carbocycles. The Hall–Kier alpha value is -1.60. The van der Waals surface area contributed by atoms with Crippen LogP contribution in [0.5, 0.6) is 0 Å². The van der Waals surface area contributed by atoms with Gasteiger partial charge in [0.1, 0.15) is 5.52 Å². The third-order valence-corrected chi connectivity index (χ3v) is 5.31. The van der Waals surface area contributed by atoms with Gasteiger partial charge >= 0.3 is 0 Å². The number of imidazole rings is 1. The number of ether oxygens (including phenoxy) is 1. The van der Waals surface area contributed by atoms with Crippen LogP contribution in [0.15, 0.2) is 23.1 Å².